The van der Waals surface area contributed by atoms with E-state index >= 15 is 0 Å². The van der Waals surface area contributed by atoms with Gasteiger partial charge < -0.3 is 15.0 Å². The number of aryl methyl sites for hydroxylation is 1. The third-order valence-electron chi connectivity index (χ3n) is 3.88. The fourth-order valence-electron chi connectivity index (χ4n) is 2.66. The molecule has 3 aromatic rings. The number of nitrogen functional groups attached to an aromatic ring is 1. The van der Waals surface area contributed by atoms with Gasteiger partial charge in [-0.1, -0.05) is 31.2 Å². The highest BCUT2D eigenvalue weighted by molar-refractivity contribution is 5.87. The van der Waals surface area contributed by atoms with E-state index in [2.05, 4.69) is 35.2 Å². The Balaban J connectivity index is 1.91. The number of nitrogens with zero attached hydrogens (tertiary/aromatic N) is 2. The highest BCUT2D eigenvalue weighted by Gasteiger charge is 2.12. The van der Waals surface area contributed by atoms with Crippen LogP contribution in [0.5, 0.6) is 5.75 Å². The first kappa shape index (κ1) is 15.2. The molecule has 0 radical (unpaired) electrons. The molecule has 0 saturated heterocycles. The molecule has 0 spiro atoms. The van der Waals surface area contributed by atoms with Gasteiger partial charge in [-0.3, -0.25) is 0 Å². The van der Waals surface area contributed by atoms with Crippen LogP contribution in [0.3, 0.4) is 0 Å². The standard InChI is InChI=1S/C19H21N3O/c1-3-11-22-17-10-6-9-16(20)19(17)21-18(22)13-23-15-8-5-7-14(4-2)12-15/h3,5-10,12H,1,4,11,13,20H2,2H3. The molecule has 2 aromatic carbocycles. The molecule has 1 aromatic heterocycles. The van der Waals surface area contributed by atoms with Gasteiger partial charge in [-0.15, -0.1) is 6.58 Å². The summed E-state index contributed by atoms with van der Waals surface area (Å²) in [6.07, 6.45) is 2.84. The van der Waals surface area contributed by atoms with E-state index in [0.29, 0.717) is 18.8 Å². The number of allylic oxidation sites excluding steroid dienone is 1. The summed E-state index contributed by atoms with van der Waals surface area (Å²) in [6, 6.07) is 14.0. The maximum absolute atomic E-state index is 6.04. The van der Waals surface area contributed by atoms with E-state index in [0.717, 1.165) is 29.0 Å². The lowest BCUT2D eigenvalue weighted by Gasteiger charge is -2.09. The number of hydrogen-bond acceptors (Lipinski definition) is 3. The molecule has 0 amide bonds. The van der Waals surface area contributed by atoms with Crippen LogP contribution in [0.2, 0.25) is 0 Å². The average Bonchev–Trinajstić information content (AvgIpc) is 2.93. The van der Waals surface area contributed by atoms with Gasteiger partial charge in [0.05, 0.1) is 11.2 Å². The number of hydrogen-bond donors (Lipinski definition) is 1. The van der Waals surface area contributed by atoms with E-state index in [-0.39, 0.29) is 0 Å². The highest BCUT2D eigenvalue weighted by Crippen LogP contribution is 2.23. The SMILES string of the molecule is C=CCn1c(COc2cccc(CC)c2)nc2c(N)cccc21. The van der Waals surface area contributed by atoms with Crippen LogP contribution in [0.1, 0.15) is 18.3 Å². The lowest BCUT2D eigenvalue weighted by Crippen LogP contribution is -2.06. The van der Waals surface area contributed by atoms with Crippen LogP contribution in [0.25, 0.3) is 11.0 Å². The summed E-state index contributed by atoms with van der Waals surface area (Å²) in [5, 5.41) is 0. The van der Waals surface area contributed by atoms with Crippen LogP contribution in [0, 0.1) is 0 Å². The minimum Gasteiger partial charge on any atom is -0.486 e. The van der Waals surface area contributed by atoms with Crippen molar-refractivity contribution in [2.24, 2.45) is 0 Å². The fraction of sp³-hybridized carbons (Fsp3) is 0.211. The zero-order valence-electron chi connectivity index (χ0n) is 13.3. The van der Waals surface area contributed by atoms with E-state index in [4.69, 9.17) is 10.5 Å². The van der Waals surface area contributed by atoms with Gasteiger partial charge in [0.2, 0.25) is 0 Å². The molecule has 2 N–H and O–H groups in total. The van der Waals surface area contributed by atoms with Crippen molar-refractivity contribution in [3.63, 3.8) is 0 Å². The third kappa shape index (κ3) is 3.06. The van der Waals surface area contributed by atoms with Crippen LogP contribution >= 0.6 is 0 Å². The molecule has 4 nitrogen and oxygen atoms in total. The van der Waals surface area contributed by atoms with E-state index in [1.165, 1.54) is 5.56 Å². The van der Waals surface area contributed by atoms with E-state index in [1.807, 2.05) is 36.4 Å². The predicted octanol–water partition coefficient (Wildman–Crippen LogP) is 3.95. The predicted molar refractivity (Wildman–Crippen MR) is 94.5 cm³/mol. The summed E-state index contributed by atoms with van der Waals surface area (Å²) in [4.78, 5) is 4.65. The second-order valence-corrected chi connectivity index (χ2v) is 5.43. The van der Waals surface area contributed by atoms with E-state index < -0.39 is 0 Å². The van der Waals surface area contributed by atoms with E-state index in [1.54, 1.807) is 0 Å². The molecule has 0 aliphatic carbocycles. The Hall–Kier alpha value is -2.75. The highest BCUT2D eigenvalue weighted by atomic mass is 16.5. The van der Waals surface area contributed by atoms with Gasteiger partial charge in [0.1, 0.15) is 23.7 Å². The Labute approximate surface area is 136 Å². The van der Waals surface area contributed by atoms with E-state index in [9.17, 15) is 0 Å². The first-order chi connectivity index (χ1) is 11.2. The molecule has 4 heteroatoms. The van der Waals surface area contributed by atoms with Crippen LogP contribution in [-0.4, -0.2) is 9.55 Å². The quantitative estimate of drug-likeness (QED) is 0.554. The molecule has 0 aliphatic heterocycles. The number of fused-ring (bicyclic) bond motifs is 1. The van der Waals surface area contributed by atoms with Gasteiger partial charge in [0.25, 0.3) is 0 Å². The normalized spacial score (nSPS) is 10.8. The number of nitrogens with two attached hydrogens (primary N) is 1. The monoisotopic (exact) mass is 307 g/mol. The summed E-state index contributed by atoms with van der Waals surface area (Å²) in [5.74, 6) is 1.70. The fourth-order valence-corrected chi connectivity index (χ4v) is 2.66. The van der Waals surface area contributed by atoms with Crippen molar-refractivity contribution in [1.29, 1.82) is 0 Å². The summed E-state index contributed by atoms with van der Waals surface area (Å²) >= 11 is 0. The van der Waals surface area contributed by atoms with Crippen LogP contribution in [0.15, 0.2) is 55.1 Å². The van der Waals surface area contributed by atoms with Crippen LogP contribution in [-0.2, 0) is 19.6 Å². The Morgan fingerprint density at radius 1 is 1.26 bits per heavy atom. The van der Waals surface area contributed by atoms with Crippen molar-refractivity contribution < 1.29 is 4.74 Å². The smallest absolute Gasteiger partial charge is 0.148 e. The third-order valence-corrected chi connectivity index (χ3v) is 3.88. The maximum Gasteiger partial charge on any atom is 0.148 e. The molecule has 0 unspecified atom stereocenters. The molecule has 0 aliphatic rings. The van der Waals surface area contributed by atoms with Gasteiger partial charge in [0.15, 0.2) is 0 Å². The molecule has 0 saturated carbocycles. The molecular formula is C19H21N3O. The molecule has 0 bridgehead atoms. The number of aromatic nitrogens is 2. The number of anilines is 1. The molecule has 1 heterocycles. The molecule has 0 atom stereocenters. The van der Waals surface area contributed by atoms with Crippen molar-refractivity contribution in [2.45, 2.75) is 26.5 Å². The van der Waals surface area contributed by atoms with Crippen molar-refractivity contribution in [3.8, 4) is 5.75 Å². The van der Waals surface area contributed by atoms with Gasteiger partial charge in [-0.25, -0.2) is 4.98 Å². The zero-order valence-corrected chi connectivity index (χ0v) is 13.3. The van der Waals surface area contributed by atoms with Gasteiger partial charge in [-0.05, 0) is 36.2 Å². The Morgan fingerprint density at radius 2 is 2.09 bits per heavy atom. The number of benzene rings is 2. The molecular weight excluding hydrogens is 286 g/mol. The number of ether oxygens (including phenoxy) is 1. The molecule has 118 valence electrons. The minimum absolute atomic E-state index is 0.398. The summed E-state index contributed by atoms with van der Waals surface area (Å²) in [6.45, 7) is 7.03. The largest absolute Gasteiger partial charge is 0.486 e. The first-order valence-corrected chi connectivity index (χ1v) is 7.79. The van der Waals surface area contributed by atoms with Gasteiger partial charge in [0, 0.05) is 6.54 Å². The van der Waals surface area contributed by atoms with Crippen LogP contribution < -0.4 is 10.5 Å². The van der Waals surface area contributed by atoms with Crippen molar-refractivity contribution in [1.82, 2.24) is 9.55 Å². The second-order valence-electron chi connectivity index (χ2n) is 5.43. The molecule has 0 fully saturated rings. The lowest BCUT2D eigenvalue weighted by molar-refractivity contribution is 0.291. The Kier molecular flexibility index (Phi) is 4.33. The number of imidazole rings is 1. The van der Waals surface area contributed by atoms with Crippen molar-refractivity contribution in [3.05, 3.63) is 66.5 Å². The zero-order chi connectivity index (χ0) is 16.2. The van der Waals surface area contributed by atoms with Crippen LogP contribution in [0.4, 0.5) is 5.69 Å². The lowest BCUT2D eigenvalue weighted by atomic mass is 10.2. The average molecular weight is 307 g/mol. The number of rotatable bonds is 6. The van der Waals surface area contributed by atoms with Crippen molar-refractivity contribution >= 4 is 16.7 Å². The molecule has 23 heavy (non-hydrogen) atoms. The van der Waals surface area contributed by atoms with Gasteiger partial charge >= 0.3 is 0 Å². The van der Waals surface area contributed by atoms with Crippen molar-refractivity contribution in [2.75, 3.05) is 5.73 Å². The second kappa shape index (κ2) is 6.57. The summed E-state index contributed by atoms with van der Waals surface area (Å²) in [7, 11) is 0. The number of para-hydroxylation sites is 1. The first-order valence-electron chi connectivity index (χ1n) is 7.79. The minimum atomic E-state index is 0.398. The topological polar surface area (TPSA) is 53.1 Å². The summed E-state index contributed by atoms with van der Waals surface area (Å²) in [5.41, 5.74) is 9.79. The Morgan fingerprint density at radius 3 is 2.87 bits per heavy atom. The maximum atomic E-state index is 6.04. The summed E-state index contributed by atoms with van der Waals surface area (Å²) < 4.78 is 8.02. The van der Waals surface area contributed by atoms with Gasteiger partial charge in [-0.2, -0.15) is 0 Å². The Bertz CT molecular complexity index is 836. The molecule has 3 rings (SSSR count).